The molecule has 3 aromatic carbocycles. The van der Waals surface area contributed by atoms with Gasteiger partial charge in [0, 0.05) is 17.7 Å². The van der Waals surface area contributed by atoms with Crippen LogP contribution in [0.2, 0.25) is 5.02 Å². The highest BCUT2D eigenvalue weighted by Crippen LogP contribution is 2.35. The van der Waals surface area contributed by atoms with Crippen LogP contribution in [0.5, 0.6) is 0 Å². The Morgan fingerprint density at radius 1 is 1.03 bits per heavy atom. The number of rotatable bonds is 6. The van der Waals surface area contributed by atoms with Crippen LogP contribution in [0.4, 0.5) is 4.39 Å². The molecule has 0 unspecified atom stereocenters. The predicted molar refractivity (Wildman–Crippen MR) is 140 cm³/mol. The molecule has 4 nitrogen and oxygen atoms in total. The van der Waals surface area contributed by atoms with Gasteiger partial charge in [0.2, 0.25) is 0 Å². The van der Waals surface area contributed by atoms with Crippen molar-refractivity contribution in [3.05, 3.63) is 81.7 Å². The molecule has 0 fully saturated rings. The van der Waals surface area contributed by atoms with Gasteiger partial charge in [-0.2, -0.15) is 0 Å². The van der Waals surface area contributed by atoms with Crippen LogP contribution in [0, 0.1) is 12.7 Å². The lowest BCUT2D eigenvalue weighted by molar-refractivity contribution is 0.630. The second-order valence-electron chi connectivity index (χ2n) is 8.35. The molecule has 2 heterocycles. The topological polar surface area (TPSA) is 46.5 Å². The van der Waals surface area contributed by atoms with Crippen molar-refractivity contribution >= 4 is 38.6 Å². The fraction of sp³-hybridized carbons (Fsp3) is 0.185. The first-order chi connectivity index (χ1) is 16.5. The number of fused-ring (bicyclic) bond motifs is 1. The summed E-state index contributed by atoms with van der Waals surface area (Å²) < 4.78 is 17.4. The third-order valence-electron chi connectivity index (χ3n) is 5.91. The smallest absolute Gasteiger partial charge is 0.143 e. The second-order valence-corrected chi connectivity index (χ2v) is 9.55. The SMILES string of the molecule is CCCCn1c(-c2ccc(-c3nc(-c4c(F)cccc4Cl)[nH]c3Br)cc2)nc2ccc(C)cc21. The number of halogens is 3. The van der Waals surface area contributed by atoms with E-state index in [0.717, 1.165) is 47.4 Å². The Balaban J connectivity index is 1.53. The van der Waals surface area contributed by atoms with Crippen LogP contribution in [-0.4, -0.2) is 19.5 Å². The molecule has 34 heavy (non-hydrogen) atoms. The zero-order chi connectivity index (χ0) is 23.8. The molecule has 1 N–H and O–H groups in total. The summed E-state index contributed by atoms with van der Waals surface area (Å²) in [6.45, 7) is 5.23. The highest BCUT2D eigenvalue weighted by molar-refractivity contribution is 9.10. The largest absolute Gasteiger partial charge is 0.332 e. The van der Waals surface area contributed by atoms with E-state index in [1.165, 1.54) is 11.6 Å². The Morgan fingerprint density at radius 3 is 2.53 bits per heavy atom. The molecule has 0 atom stereocenters. The predicted octanol–water partition coefficient (Wildman–Crippen LogP) is 8.42. The lowest BCUT2D eigenvalue weighted by Crippen LogP contribution is -2.00. The number of aromatic nitrogens is 4. The van der Waals surface area contributed by atoms with Crippen molar-refractivity contribution in [2.45, 2.75) is 33.2 Å². The van der Waals surface area contributed by atoms with Crippen LogP contribution in [0.25, 0.3) is 45.1 Å². The van der Waals surface area contributed by atoms with Gasteiger partial charge < -0.3 is 9.55 Å². The molecule has 0 spiro atoms. The van der Waals surface area contributed by atoms with Crippen LogP contribution >= 0.6 is 27.5 Å². The van der Waals surface area contributed by atoms with Gasteiger partial charge in [-0.05, 0) is 59.1 Å². The van der Waals surface area contributed by atoms with Crippen molar-refractivity contribution < 1.29 is 4.39 Å². The van der Waals surface area contributed by atoms with Crippen molar-refractivity contribution in [3.8, 4) is 34.0 Å². The quantitative estimate of drug-likeness (QED) is 0.236. The number of hydrogen-bond donors (Lipinski definition) is 1. The summed E-state index contributed by atoms with van der Waals surface area (Å²) in [6, 6.07) is 19.1. The van der Waals surface area contributed by atoms with E-state index in [2.05, 4.69) is 74.6 Å². The molecule has 0 aliphatic carbocycles. The molecular formula is C27H23BrClFN4. The molecular weight excluding hydrogens is 515 g/mol. The van der Waals surface area contributed by atoms with Crippen LogP contribution in [-0.2, 0) is 6.54 Å². The van der Waals surface area contributed by atoms with Gasteiger partial charge in [0.1, 0.15) is 27.8 Å². The summed E-state index contributed by atoms with van der Waals surface area (Å²) >= 11 is 9.76. The maximum absolute atomic E-state index is 14.4. The molecule has 0 saturated heterocycles. The molecule has 0 amide bonds. The van der Waals surface area contributed by atoms with E-state index in [-0.39, 0.29) is 5.56 Å². The number of imidazole rings is 2. The zero-order valence-corrected chi connectivity index (χ0v) is 21.2. The summed E-state index contributed by atoms with van der Waals surface area (Å²) in [7, 11) is 0. The summed E-state index contributed by atoms with van der Waals surface area (Å²) in [4.78, 5) is 12.7. The normalized spacial score (nSPS) is 11.4. The first kappa shape index (κ1) is 22.8. The van der Waals surface area contributed by atoms with Crippen molar-refractivity contribution in [2.75, 3.05) is 0 Å². The van der Waals surface area contributed by atoms with Crippen LogP contribution in [0.15, 0.2) is 65.3 Å². The van der Waals surface area contributed by atoms with Gasteiger partial charge in [-0.3, -0.25) is 0 Å². The summed E-state index contributed by atoms with van der Waals surface area (Å²) in [6.07, 6.45) is 2.21. The summed E-state index contributed by atoms with van der Waals surface area (Å²) in [5.41, 5.74) is 6.27. The number of nitrogens with zero attached hydrogens (tertiary/aromatic N) is 3. The molecule has 0 radical (unpaired) electrons. The van der Waals surface area contributed by atoms with Crippen LogP contribution in [0.3, 0.4) is 0 Å². The van der Waals surface area contributed by atoms with Gasteiger partial charge in [0.05, 0.1) is 21.6 Å². The van der Waals surface area contributed by atoms with E-state index in [0.29, 0.717) is 21.1 Å². The lowest BCUT2D eigenvalue weighted by atomic mass is 10.1. The standard InChI is InChI=1S/C27H23BrClFN4/c1-3-4-14-34-22-15-16(2)8-13-21(22)31-27(34)18-11-9-17(10-12-18)24-25(28)33-26(32-24)23-19(29)6-5-7-20(23)30/h5-13,15H,3-4,14H2,1-2H3,(H,32,33). The molecule has 5 aromatic rings. The Hall–Kier alpha value is -2.96. The van der Waals surface area contributed by atoms with E-state index < -0.39 is 5.82 Å². The van der Waals surface area contributed by atoms with E-state index in [9.17, 15) is 4.39 Å². The van der Waals surface area contributed by atoms with E-state index >= 15 is 0 Å². The molecule has 0 saturated carbocycles. The summed E-state index contributed by atoms with van der Waals surface area (Å²) in [5.74, 6) is 0.920. The number of hydrogen-bond acceptors (Lipinski definition) is 2. The molecule has 2 aromatic heterocycles. The van der Waals surface area contributed by atoms with Gasteiger partial charge in [-0.25, -0.2) is 14.4 Å². The Morgan fingerprint density at radius 2 is 1.79 bits per heavy atom. The molecule has 0 aliphatic heterocycles. The monoisotopic (exact) mass is 536 g/mol. The van der Waals surface area contributed by atoms with Crippen molar-refractivity contribution in [1.29, 1.82) is 0 Å². The van der Waals surface area contributed by atoms with Gasteiger partial charge in [0.15, 0.2) is 0 Å². The van der Waals surface area contributed by atoms with Gasteiger partial charge in [-0.15, -0.1) is 0 Å². The lowest BCUT2D eigenvalue weighted by Gasteiger charge is -2.09. The average Bonchev–Trinajstić information content (AvgIpc) is 3.38. The number of benzene rings is 3. The highest BCUT2D eigenvalue weighted by Gasteiger charge is 2.18. The van der Waals surface area contributed by atoms with Crippen LogP contribution in [0.1, 0.15) is 25.3 Å². The zero-order valence-electron chi connectivity index (χ0n) is 18.9. The minimum atomic E-state index is -0.420. The van der Waals surface area contributed by atoms with Gasteiger partial charge >= 0.3 is 0 Å². The minimum absolute atomic E-state index is 0.257. The molecule has 5 rings (SSSR count). The first-order valence-corrected chi connectivity index (χ1v) is 12.4. The molecule has 172 valence electrons. The third-order valence-corrected chi connectivity index (χ3v) is 6.80. The van der Waals surface area contributed by atoms with Crippen molar-refractivity contribution in [2.24, 2.45) is 0 Å². The first-order valence-electron chi connectivity index (χ1n) is 11.2. The second kappa shape index (κ2) is 9.35. The maximum atomic E-state index is 14.4. The van der Waals surface area contributed by atoms with Gasteiger partial charge in [-0.1, -0.05) is 61.3 Å². The summed E-state index contributed by atoms with van der Waals surface area (Å²) in [5, 5.41) is 0.310. The number of aryl methyl sites for hydroxylation is 2. The average molecular weight is 538 g/mol. The Bertz CT molecular complexity index is 1470. The maximum Gasteiger partial charge on any atom is 0.143 e. The number of unbranched alkanes of at least 4 members (excludes halogenated alkanes) is 1. The minimum Gasteiger partial charge on any atom is -0.332 e. The number of aromatic amines is 1. The van der Waals surface area contributed by atoms with Gasteiger partial charge in [0.25, 0.3) is 0 Å². The number of H-pyrrole nitrogens is 1. The third kappa shape index (κ3) is 4.17. The Kier molecular flexibility index (Phi) is 6.28. The Labute approximate surface area is 211 Å². The van der Waals surface area contributed by atoms with Crippen LogP contribution < -0.4 is 0 Å². The van der Waals surface area contributed by atoms with E-state index in [1.807, 2.05) is 12.1 Å². The molecule has 0 bridgehead atoms. The molecule has 7 heteroatoms. The van der Waals surface area contributed by atoms with E-state index in [1.54, 1.807) is 12.1 Å². The van der Waals surface area contributed by atoms with Crippen molar-refractivity contribution in [1.82, 2.24) is 19.5 Å². The van der Waals surface area contributed by atoms with E-state index in [4.69, 9.17) is 16.6 Å². The fourth-order valence-electron chi connectivity index (χ4n) is 4.16. The number of nitrogens with one attached hydrogen (secondary N) is 1. The van der Waals surface area contributed by atoms with Crippen molar-refractivity contribution in [3.63, 3.8) is 0 Å². The highest BCUT2D eigenvalue weighted by atomic mass is 79.9. The fourth-order valence-corrected chi connectivity index (χ4v) is 4.92. The molecule has 0 aliphatic rings.